The maximum Gasteiger partial charge on any atom is 0.257 e. The summed E-state index contributed by atoms with van der Waals surface area (Å²) in [4.78, 5) is 25.5. The molecule has 1 aliphatic rings. The number of hydrogen-bond donors (Lipinski definition) is 1. The second kappa shape index (κ2) is 7.83. The minimum atomic E-state index is 0.00926. The van der Waals surface area contributed by atoms with E-state index < -0.39 is 0 Å². The lowest BCUT2D eigenvalue weighted by Gasteiger charge is -2.33. The average Bonchev–Trinajstić information content (AvgIpc) is 2.64. The van der Waals surface area contributed by atoms with Gasteiger partial charge in [0.15, 0.2) is 0 Å². The Morgan fingerprint density at radius 3 is 2.15 bits per heavy atom. The van der Waals surface area contributed by atoms with Crippen LogP contribution < -0.4 is 5.32 Å². The number of hydrogen-bond acceptors (Lipinski definition) is 5. The van der Waals surface area contributed by atoms with Gasteiger partial charge in [-0.3, -0.25) is 4.79 Å². The van der Waals surface area contributed by atoms with Crippen LogP contribution in [0, 0.1) is 20.8 Å². The molecule has 3 rings (SSSR count). The van der Waals surface area contributed by atoms with Crippen LogP contribution in [-0.2, 0) is 0 Å². The van der Waals surface area contributed by atoms with Crippen LogP contribution in [0.1, 0.15) is 34.0 Å². The minimum Gasteiger partial charge on any atom is -0.336 e. The monoisotopic (exact) mass is 353 g/mol. The second-order valence-corrected chi connectivity index (χ2v) is 6.92. The molecule has 1 N–H and O–H groups in total. The largest absolute Gasteiger partial charge is 0.336 e. The topological polar surface area (TPSA) is 61.4 Å². The first kappa shape index (κ1) is 18.3. The van der Waals surface area contributed by atoms with Crippen LogP contribution in [0.15, 0.2) is 24.5 Å². The molecule has 26 heavy (non-hydrogen) atoms. The number of anilines is 2. The third-order valence-electron chi connectivity index (χ3n) is 4.92. The van der Waals surface area contributed by atoms with Crippen molar-refractivity contribution in [3.05, 3.63) is 46.8 Å². The van der Waals surface area contributed by atoms with E-state index in [-0.39, 0.29) is 5.91 Å². The third kappa shape index (κ3) is 4.02. The SMILES string of the molecule is CCN1CCN(C(=O)c2cnc(Nc3c(C)cc(C)cc3C)nc2)CC1. The van der Waals surface area contributed by atoms with Gasteiger partial charge in [0.25, 0.3) is 5.91 Å². The van der Waals surface area contributed by atoms with Crippen molar-refractivity contribution in [3.63, 3.8) is 0 Å². The number of carbonyl (C=O) groups is 1. The normalized spacial score (nSPS) is 15.2. The Labute approximate surface area is 155 Å². The molecule has 0 aliphatic carbocycles. The zero-order valence-electron chi connectivity index (χ0n) is 16.0. The van der Waals surface area contributed by atoms with Gasteiger partial charge in [0.1, 0.15) is 0 Å². The van der Waals surface area contributed by atoms with Crippen molar-refractivity contribution in [2.45, 2.75) is 27.7 Å². The van der Waals surface area contributed by atoms with Gasteiger partial charge in [-0.15, -0.1) is 0 Å². The highest BCUT2D eigenvalue weighted by molar-refractivity contribution is 5.93. The molecule has 1 fully saturated rings. The summed E-state index contributed by atoms with van der Waals surface area (Å²) in [7, 11) is 0. The molecule has 1 amide bonds. The molecular weight excluding hydrogens is 326 g/mol. The number of nitrogens with one attached hydrogen (secondary N) is 1. The molecule has 1 aromatic carbocycles. The van der Waals surface area contributed by atoms with E-state index in [0.717, 1.165) is 49.5 Å². The van der Waals surface area contributed by atoms with Crippen LogP contribution in [0.25, 0.3) is 0 Å². The van der Waals surface area contributed by atoms with Gasteiger partial charge in [-0.25, -0.2) is 9.97 Å². The lowest BCUT2D eigenvalue weighted by molar-refractivity contribution is 0.0642. The number of rotatable bonds is 4. The summed E-state index contributed by atoms with van der Waals surface area (Å²) in [6, 6.07) is 4.26. The van der Waals surface area contributed by atoms with Crippen molar-refractivity contribution in [1.82, 2.24) is 19.8 Å². The molecule has 6 nitrogen and oxygen atoms in total. The summed E-state index contributed by atoms with van der Waals surface area (Å²) in [5, 5.41) is 3.27. The lowest BCUT2D eigenvalue weighted by atomic mass is 10.1. The molecule has 2 heterocycles. The van der Waals surface area contributed by atoms with Crippen LogP contribution in [-0.4, -0.2) is 58.4 Å². The van der Waals surface area contributed by atoms with Crippen LogP contribution in [0.2, 0.25) is 0 Å². The Hall–Kier alpha value is -2.47. The van der Waals surface area contributed by atoms with Gasteiger partial charge in [0.2, 0.25) is 5.95 Å². The maximum absolute atomic E-state index is 12.6. The quantitative estimate of drug-likeness (QED) is 0.916. The fourth-order valence-electron chi connectivity index (χ4n) is 3.44. The molecular formula is C20H27N5O. The number of aryl methyl sites for hydroxylation is 3. The Morgan fingerprint density at radius 1 is 1.04 bits per heavy atom. The molecule has 2 aromatic rings. The van der Waals surface area contributed by atoms with Gasteiger partial charge in [-0.1, -0.05) is 24.6 Å². The first-order valence-electron chi connectivity index (χ1n) is 9.16. The Bertz CT molecular complexity index is 756. The molecule has 0 radical (unpaired) electrons. The number of carbonyl (C=O) groups excluding carboxylic acids is 1. The zero-order chi connectivity index (χ0) is 18.7. The molecule has 0 atom stereocenters. The lowest BCUT2D eigenvalue weighted by Crippen LogP contribution is -2.48. The number of aromatic nitrogens is 2. The van der Waals surface area contributed by atoms with Crippen molar-refractivity contribution in [2.24, 2.45) is 0 Å². The second-order valence-electron chi connectivity index (χ2n) is 6.92. The summed E-state index contributed by atoms with van der Waals surface area (Å²) in [5.74, 6) is 0.516. The number of amides is 1. The van der Waals surface area contributed by atoms with E-state index in [4.69, 9.17) is 0 Å². The zero-order valence-corrected chi connectivity index (χ0v) is 16.0. The summed E-state index contributed by atoms with van der Waals surface area (Å²) in [6.45, 7) is 12.8. The molecule has 1 saturated heterocycles. The molecule has 0 spiro atoms. The maximum atomic E-state index is 12.6. The molecule has 1 aromatic heterocycles. The highest BCUT2D eigenvalue weighted by Crippen LogP contribution is 2.24. The predicted octanol–water partition coefficient (Wildman–Crippen LogP) is 2.92. The van der Waals surface area contributed by atoms with Crippen molar-refractivity contribution in [1.29, 1.82) is 0 Å². The first-order chi connectivity index (χ1) is 12.5. The van der Waals surface area contributed by atoms with Crippen LogP contribution in [0.4, 0.5) is 11.6 Å². The summed E-state index contributed by atoms with van der Waals surface area (Å²) in [6.07, 6.45) is 3.23. The predicted molar refractivity (Wildman–Crippen MR) is 104 cm³/mol. The molecule has 0 bridgehead atoms. The fraction of sp³-hybridized carbons (Fsp3) is 0.450. The number of benzene rings is 1. The van der Waals surface area contributed by atoms with Crippen molar-refractivity contribution in [3.8, 4) is 0 Å². The summed E-state index contributed by atoms with van der Waals surface area (Å²) < 4.78 is 0. The van der Waals surface area contributed by atoms with E-state index in [0.29, 0.717) is 11.5 Å². The molecule has 1 aliphatic heterocycles. The van der Waals surface area contributed by atoms with E-state index in [1.54, 1.807) is 12.4 Å². The number of nitrogens with zero attached hydrogens (tertiary/aromatic N) is 4. The smallest absolute Gasteiger partial charge is 0.257 e. The van der Waals surface area contributed by atoms with Gasteiger partial charge < -0.3 is 15.1 Å². The Morgan fingerprint density at radius 2 is 1.62 bits per heavy atom. The fourth-order valence-corrected chi connectivity index (χ4v) is 3.44. The summed E-state index contributed by atoms with van der Waals surface area (Å²) in [5.41, 5.74) is 5.10. The summed E-state index contributed by atoms with van der Waals surface area (Å²) >= 11 is 0. The van der Waals surface area contributed by atoms with Crippen molar-refractivity contribution in [2.75, 3.05) is 38.0 Å². The van der Waals surface area contributed by atoms with E-state index in [1.807, 2.05) is 4.90 Å². The van der Waals surface area contributed by atoms with Gasteiger partial charge >= 0.3 is 0 Å². The van der Waals surface area contributed by atoms with Gasteiger partial charge in [0.05, 0.1) is 5.56 Å². The average molecular weight is 353 g/mol. The van der Waals surface area contributed by atoms with Gasteiger partial charge in [-0.2, -0.15) is 0 Å². The third-order valence-corrected chi connectivity index (χ3v) is 4.92. The first-order valence-corrected chi connectivity index (χ1v) is 9.16. The highest BCUT2D eigenvalue weighted by atomic mass is 16.2. The Balaban J connectivity index is 1.68. The van der Waals surface area contributed by atoms with Gasteiger partial charge in [0, 0.05) is 44.3 Å². The molecule has 0 unspecified atom stereocenters. The standard InChI is InChI=1S/C20H27N5O/c1-5-24-6-8-25(9-7-24)19(26)17-12-21-20(22-13-17)23-18-15(3)10-14(2)11-16(18)4/h10-13H,5-9H2,1-4H3,(H,21,22,23). The van der Waals surface area contributed by atoms with Crippen LogP contribution in [0.3, 0.4) is 0 Å². The van der Waals surface area contributed by atoms with E-state index in [9.17, 15) is 4.79 Å². The molecule has 6 heteroatoms. The van der Waals surface area contributed by atoms with Crippen molar-refractivity contribution < 1.29 is 4.79 Å². The van der Waals surface area contributed by atoms with E-state index in [2.05, 4.69) is 60.0 Å². The van der Waals surface area contributed by atoms with Crippen LogP contribution >= 0.6 is 0 Å². The van der Waals surface area contributed by atoms with E-state index >= 15 is 0 Å². The molecule has 138 valence electrons. The van der Waals surface area contributed by atoms with Gasteiger partial charge in [-0.05, 0) is 38.4 Å². The number of likely N-dealkylation sites (N-methyl/N-ethyl adjacent to an activating group) is 1. The van der Waals surface area contributed by atoms with Crippen molar-refractivity contribution >= 4 is 17.5 Å². The Kier molecular flexibility index (Phi) is 5.52. The minimum absolute atomic E-state index is 0.00926. The molecule has 0 saturated carbocycles. The van der Waals surface area contributed by atoms with E-state index in [1.165, 1.54) is 5.56 Å². The highest BCUT2D eigenvalue weighted by Gasteiger charge is 2.21. The number of piperazine rings is 1. The van der Waals surface area contributed by atoms with Crippen LogP contribution in [0.5, 0.6) is 0 Å².